The highest BCUT2D eigenvalue weighted by Gasteiger charge is 2.22. The molecule has 0 saturated carbocycles. The first kappa shape index (κ1) is 17.2. The van der Waals surface area contributed by atoms with Crippen LogP contribution in [0, 0.1) is 0 Å². The maximum atomic E-state index is 12.6. The Hall–Kier alpha value is -2.60. The fraction of sp³-hybridized carbons (Fsp3) is 0.368. The van der Waals surface area contributed by atoms with E-state index in [4.69, 9.17) is 9.47 Å². The van der Waals surface area contributed by atoms with E-state index in [0.717, 1.165) is 12.0 Å². The second-order valence-corrected chi connectivity index (χ2v) is 5.77. The Morgan fingerprint density at radius 2 is 2.12 bits per heavy atom. The van der Waals surface area contributed by atoms with Crippen LogP contribution in [0.15, 0.2) is 48.7 Å². The number of hydrogen-bond acceptors (Lipinski definition) is 4. The predicted molar refractivity (Wildman–Crippen MR) is 95.7 cm³/mol. The van der Waals surface area contributed by atoms with Gasteiger partial charge in [-0.1, -0.05) is 30.3 Å². The molecule has 6 heteroatoms. The number of nitrogens with one attached hydrogen (secondary N) is 1. The molecule has 1 unspecified atom stereocenters. The number of pyridine rings is 1. The van der Waals surface area contributed by atoms with Crippen molar-refractivity contribution in [3.05, 3.63) is 54.2 Å². The SMILES string of the molecule is CCOc1ncccc1NC(=O)N1CCOC(c2ccccc2)CC1. The average Bonchev–Trinajstić information content (AvgIpc) is 2.90. The summed E-state index contributed by atoms with van der Waals surface area (Å²) in [6, 6.07) is 13.5. The molecule has 0 bridgehead atoms. The quantitative estimate of drug-likeness (QED) is 0.925. The van der Waals surface area contributed by atoms with Crippen molar-refractivity contribution in [1.82, 2.24) is 9.88 Å². The lowest BCUT2D eigenvalue weighted by Gasteiger charge is -2.21. The summed E-state index contributed by atoms with van der Waals surface area (Å²) in [5, 5.41) is 2.89. The number of rotatable bonds is 4. The molecule has 1 aliphatic heterocycles. The number of anilines is 1. The highest BCUT2D eigenvalue weighted by atomic mass is 16.5. The van der Waals surface area contributed by atoms with Gasteiger partial charge in [0.15, 0.2) is 0 Å². The maximum Gasteiger partial charge on any atom is 0.322 e. The molecular formula is C19H23N3O3. The Bertz CT molecular complexity index is 693. The lowest BCUT2D eigenvalue weighted by Crippen LogP contribution is -2.36. The van der Waals surface area contributed by atoms with Gasteiger partial charge in [0, 0.05) is 19.3 Å². The van der Waals surface area contributed by atoms with E-state index in [2.05, 4.69) is 22.4 Å². The molecule has 6 nitrogen and oxygen atoms in total. The second-order valence-electron chi connectivity index (χ2n) is 5.77. The molecule has 0 spiro atoms. The van der Waals surface area contributed by atoms with Crippen LogP contribution in [0.5, 0.6) is 5.88 Å². The van der Waals surface area contributed by atoms with Crippen LogP contribution in [-0.2, 0) is 4.74 Å². The Morgan fingerprint density at radius 3 is 2.92 bits per heavy atom. The van der Waals surface area contributed by atoms with Gasteiger partial charge in [-0.3, -0.25) is 0 Å². The largest absolute Gasteiger partial charge is 0.476 e. The first-order chi connectivity index (χ1) is 12.3. The molecular weight excluding hydrogens is 318 g/mol. The van der Waals surface area contributed by atoms with Crippen molar-refractivity contribution in [1.29, 1.82) is 0 Å². The average molecular weight is 341 g/mol. The molecule has 2 amide bonds. The van der Waals surface area contributed by atoms with Crippen LogP contribution in [0.4, 0.5) is 10.5 Å². The van der Waals surface area contributed by atoms with Gasteiger partial charge in [0.1, 0.15) is 5.69 Å². The third-order valence-electron chi connectivity index (χ3n) is 4.09. The Kier molecular flexibility index (Phi) is 5.85. The molecule has 2 heterocycles. The molecule has 3 rings (SSSR count). The molecule has 1 atom stereocenters. The van der Waals surface area contributed by atoms with Crippen molar-refractivity contribution in [2.24, 2.45) is 0 Å². The summed E-state index contributed by atoms with van der Waals surface area (Å²) in [7, 11) is 0. The van der Waals surface area contributed by atoms with E-state index < -0.39 is 0 Å². The van der Waals surface area contributed by atoms with E-state index in [-0.39, 0.29) is 12.1 Å². The molecule has 25 heavy (non-hydrogen) atoms. The normalized spacial score (nSPS) is 17.6. The van der Waals surface area contributed by atoms with Crippen molar-refractivity contribution in [2.75, 3.05) is 31.6 Å². The Morgan fingerprint density at radius 1 is 1.28 bits per heavy atom. The van der Waals surface area contributed by atoms with E-state index in [1.807, 2.05) is 25.1 Å². The van der Waals surface area contributed by atoms with Gasteiger partial charge in [0.05, 0.1) is 19.3 Å². The zero-order valence-electron chi connectivity index (χ0n) is 14.4. The second kappa shape index (κ2) is 8.48. The van der Waals surface area contributed by atoms with Crippen molar-refractivity contribution in [3.63, 3.8) is 0 Å². The summed E-state index contributed by atoms with van der Waals surface area (Å²) in [5.41, 5.74) is 1.73. The van der Waals surface area contributed by atoms with Crippen molar-refractivity contribution in [2.45, 2.75) is 19.4 Å². The van der Waals surface area contributed by atoms with Gasteiger partial charge in [0.25, 0.3) is 0 Å². The third-order valence-corrected chi connectivity index (χ3v) is 4.09. The fourth-order valence-electron chi connectivity index (χ4n) is 2.84. The minimum absolute atomic E-state index is 0.0244. The lowest BCUT2D eigenvalue weighted by molar-refractivity contribution is 0.0627. The summed E-state index contributed by atoms with van der Waals surface area (Å²) in [6.45, 7) is 4.08. The highest BCUT2D eigenvalue weighted by Crippen LogP contribution is 2.25. The van der Waals surface area contributed by atoms with Gasteiger partial charge in [-0.2, -0.15) is 0 Å². The summed E-state index contributed by atoms with van der Waals surface area (Å²) in [4.78, 5) is 18.5. The molecule has 1 aromatic heterocycles. The lowest BCUT2D eigenvalue weighted by atomic mass is 10.1. The van der Waals surface area contributed by atoms with Crippen molar-refractivity contribution in [3.8, 4) is 5.88 Å². The Labute approximate surface area is 147 Å². The summed E-state index contributed by atoms with van der Waals surface area (Å²) in [6.07, 6.45) is 2.43. The number of ether oxygens (including phenoxy) is 2. The number of carbonyl (C=O) groups excluding carboxylic acids is 1. The fourth-order valence-corrected chi connectivity index (χ4v) is 2.84. The first-order valence-corrected chi connectivity index (χ1v) is 8.58. The number of nitrogens with zero attached hydrogens (tertiary/aromatic N) is 2. The predicted octanol–water partition coefficient (Wildman–Crippen LogP) is 3.48. The maximum absolute atomic E-state index is 12.6. The van der Waals surface area contributed by atoms with Crippen LogP contribution in [0.25, 0.3) is 0 Å². The van der Waals surface area contributed by atoms with Crippen molar-refractivity contribution < 1.29 is 14.3 Å². The highest BCUT2D eigenvalue weighted by molar-refractivity contribution is 5.90. The van der Waals surface area contributed by atoms with Crippen LogP contribution in [0.3, 0.4) is 0 Å². The Balaban J connectivity index is 1.62. The van der Waals surface area contributed by atoms with Crippen LogP contribution < -0.4 is 10.1 Å². The zero-order valence-corrected chi connectivity index (χ0v) is 14.4. The van der Waals surface area contributed by atoms with Crippen LogP contribution >= 0.6 is 0 Å². The molecule has 2 aromatic rings. The minimum Gasteiger partial charge on any atom is -0.476 e. The summed E-state index contributed by atoms with van der Waals surface area (Å²) < 4.78 is 11.4. The van der Waals surface area contributed by atoms with E-state index >= 15 is 0 Å². The van der Waals surface area contributed by atoms with Gasteiger partial charge < -0.3 is 19.7 Å². The van der Waals surface area contributed by atoms with Crippen molar-refractivity contribution >= 4 is 11.7 Å². The third kappa shape index (κ3) is 4.48. The molecule has 1 aromatic carbocycles. The topological polar surface area (TPSA) is 63.7 Å². The number of benzene rings is 1. The van der Waals surface area contributed by atoms with Crippen LogP contribution in [0.2, 0.25) is 0 Å². The molecule has 132 valence electrons. The van der Waals surface area contributed by atoms with Gasteiger partial charge in [-0.25, -0.2) is 9.78 Å². The van der Waals surface area contributed by atoms with Gasteiger partial charge in [-0.05, 0) is 31.0 Å². The van der Waals surface area contributed by atoms with Gasteiger partial charge >= 0.3 is 6.03 Å². The number of hydrogen-bond donors (Lipinski definition) is 1. The van der Waals surface area contributed by atoms with E-state index in [9.17, 15) is 4.79 Å². The van der Waals surface area contributed by atoms with Gasteiger partial charge in [-0.15, -0.1) is 0 Å². The van der Waals surface area contributed by atoms with E-state index in [0.29, 0.717) is 37.9 Å². The molecule has 0 aliphatic carbocycles. The van der Waals surface area contributed by atoms with Crippen LogP contribution in [0.1, 0.15) is 25.0 Å². The summed E-state index contributed by atoms with van der Waals surface area (Å²) in [5.74, 6) is 0.437. The smallest absolute Gasteiger partial charge is 0.322 e. The number of carbonyl (C=O) groups is 1. The molecule has 0 radical (unpaired) electrons. The standard InChI is InChI=1S/C19H23N3O3/c1-2-24-18-16(9-6-11-20-18)21-19(23)22-12-10-17(25-14-13-22)15-7-4-3-5-8-15/h3-9,11,17H,2,10,12-14H2,1H3,(H,21,23). The van der Waals surface area contributed by atoms with E-state index in [1.54, 1.807) is 23.2 Å². The number of urea groups is 1. The van der Waals surface area contributed by atoms with E-state index in [1.165, 1.54) is 0 Å². The molecule has 1 N–H and O–H groups in total. The van der Waals surface area contributed by atoms with Gasteiger partial charge in [0.2, 0.25) is 5.88 Å². The first-order valence-electron chi connectivity index (χ1n) is 8.58. The number of aromatic nitrogens is 1. The molecule has 1 aliphatic rings. The van der Waals surface area contributed by atoms with Crippen LogP contribution in [-0.4, -0.2) is 42.2 Å². The number of amides is 2. The minimum atomic E-state index is -0.161. The summed E-state index contributed by atoms with van der Waals surface area (Å²) >= 11 is 0. The molecule has 1 saturated heterocycles. The zero-order chi connectivity index (χ0) is 17.5. The monoisotopic (exact) mass is 341 g/mol. The molecule has 1 fully saturated rings.